The van der Waals surface area contributed by atoms with Crippen LogP contribution in [0, 0.1) is 0 Å². The van der Waals surface area contributed by atoms with Crippen LogP contribution >= 0.6 is 12.6 Å². The molecule has 0 atom stereocenters. The number of thiol groups is 1. The molecule has 0 bridgehead atoms. The van der Waals surface area contributed by atoms with Crippen molar-refractivity contribution in [2.45, 2.75) is 4.90 Å². The van der Waals surface area contributed by atoms with Gasteiger partial charge in [0.25, 0.3) is 0 Å². The van der Waals surface area contributed by atoms with Gasteiger partial charge in [0.2, 0.25) is 0 Å². The highest BCUT2D eigenvalue weighted by Gasteiger charge is 1.87. The fourth-order valence-corrected chi connectivity index (χ4v) is 0.824. The van der Waals surface area contributed by atoms with E-state index in [0.717, 1.165) is 10.6 Å². The maximum absolute atomic E-state index is 4.95. The van der Waals surface area contributed by atoms with Gasteiger partial charge in [0.1, 0.15) is 5.75 Å². The fraction of sp³-hybridized carbons (Fsp3) is 0.143. The van der Waals surface area contributed by atoms with Gasteiger partial charge in [0.15, 0.2) is 0 Å². The average Bonchev–Trinajstić information content (AvgIpc) is 1.88. The molecule has 51 valence electrons. The molecule has 0 aliphatic rings. The summed E-state index contributed by atoms with van der Waals surface area (Å²) in [4.78, 5) is 0.925. The summed E-state index contributed by atoms with van der Waals surface area (Å²) in [6.07, 6.45) is 0. The van der Waals surface area contributed by atoms with E-state index in [2.05, 4.69) is 12.6 Å². The van der Waals surface area contributed by atoms with Gasteiger partial charge in [-0.2, -0.15) is 0 Å². The van der Waals surface area contributed by atoms with Crippen molar-refractivity contribution in [3.63, 3.8) is 0 Å². The van der Waals surface area contributed by atoms with Gasteiger partial charge in [-0.25, -0.2) is 0 Å². The molecule has 1 rings (SSSR count). The highest BCUT2D eigenvalue weighted by atomic mass is 32.1. The summed E-state index contributed by atoms with van der Waals surface area (Å²) in [6.45, 7) is 0. The monoisotopic (exact) mass is 151 g/mol. The summed E-state index contributed by atoms with van der Waals surface area (Å²) in [5.41, 5.74) is 0. The van der Waals surface area contributed by atoms with Crippen LogP contribution in [0.2, 0.25) is 0 Å². The molecule has 0 fully saturated rings. The van der Waals surface area contributed by atoms with Crippen molar-refractivity contribution in [3.05, 3.63) is 24.3 Å². The van der Waals surface area contributed by atoms with Crippen LogP contribution < -0.4 is 4.74 Å². The van der Waals surface area contributed by atoms with E-state index in [1.807, 2.05) is 24.3 Å². The molecule has 0 aliphatic heterocycles. The highest BCUT2D eigenvalue weighted by molar-refractivity contribution is 7.80. The standard InChI is InChI=1S/C7H8OS.B/c1-8-6-3-2-4-7(9)5-6;/h2-5,9H,1H3;. The fourth-order valence-electron chi connectivity index (χ4n) is 0.610. The van der Waals surface area contributed by atoms with Crippen molar-refractivity contribution in [2.24, 2.45) is 0 Å². The molecule has 10 heavy (non-hydrogen) atoms. The normalized spacial score (nSPS) is 8.20. The van der Waals surface area contributed by atoms with Crippen LogP contribution in [0.4, 0.5) is 0 Å². The van der Waals surface area contributed by atoms with E-state index in [0.29, 0.717) is 0 Å². The summed E-state index contributed by atoms with van der Waals surface area (Å²) < 4.78 is 4.95. The lowest BCUT2D eigenvalue weighted by molar-refractivity contribution is 0.413. The Morgan fingerprint density at radius 3 is 2.50 bits per heavy atom. The first-order chi connectivity index (χ1) is 4.33. The first-order valence-corrected chi connectivity index (χ1v) is 3.10. The third-order valence-electron chi connectivity index (χ3n) is 1.05. The molecule has 0 aliphatic carbocycles. The van der Waals surface area contributed by atoms with E-state index in [1.54, 1.807) is 7.11 Å². The van der Waals surface area contributed by atoms with E-state index in [4.69, 9.17) is 4.74 Å². The van der Waals surface area contributed by atoms with Crippen LogP contribution in [0.3, 0.4) is 0 Å². The summed E-state index contributed by atoms with van der Waals surface area (Å²) >= 11 is 4.13. The van der Waals surface area contributed by atoms with E-state index in [-0.39, 0.29) is 8.41 Å². The van der Waals surface area contributed by atoms with Gasteiger partial charge in [-0.05, 0) is 18.2 Å². The van der Waals surface area contributed by atoms with Crippen molar-refractivity contribution in [1.29, 1.82) is 0 Å². The lowest BCUT2D eigenvalue weighted by atomic mass is 10.3. The number of methoxy groups -OCH3 is 1. The lowest BCUT2D eigenvalue weighted by Gasteiger charge is -1.97. The Kier molecular flexibility index (Phi) is 4.04. The minimum absolute atomic E-state index is 0. The van der Waals surface area contributed by atoms with Crippen LogP contribution in [0.1, 0.15) is 0 Å². The topological polar surface area (TPSA) is 9.23 Å². The van der Waals surface area contributed by atoms with Crippen molar-refractivity contribution < 1.29 is 4.74 Å². The molecule has 3 radical (unpaired) electrons. The molecular weight excluding hydrogens is 143 g/mol. The van der Waals surface area contributed by atoms with E-state index in [9.17, 15) is 0 Å². The van der Waals surface area contributed by atoms with E-state index in [1.165, 1.54) is 0 Å². The van der Waals surface area contributed by atoms with Crippen molar-refractivity contribution in [1.82, 2.24) is 0 Å². The van der Waals surface area contributed by atoms with Gasteiger partial charge in [0, 0.05) is 13.3 Å². The number of hydrogen-bond donors (Lipinski definition) is 1. The predicted molar refractivity (Wildman–Crippen MR) is 46.0 cm³/mol. The SMILES string of the molecule is COc1cccc(S)c1.[B]. The van der Waals surface area contributed by atoms with Crippen LogP contribution in [-0.2, 0) is 0 Å². The zero-order valence-corrected chi connectivity index (χ0v) is 6.64. The van der Waals surface area contributed by atoms with Crippen LogP contribution in [0.25, 0.3) is 0 Å². The van der Waals surface area contributed by atoms with E-state index < -0.39 is 0 Å². The first-order valence-electron chi connectivity index (χ1n) is 2.66. The van der Waals surface area contributed by atoms with Crippen LogP contribution in [0.5, 0.6) is 5.75 Å². The lowest BCUT2D eigenvalue weighted by Crippen LogP contribution is -1.80. The maximum Gasteiger partial charge on any atom is 0.119 e. The number of ether oxygens (including phenoxy) is 1. The summed E-state index contributed by atoms with van der Waals surface area (Å²) in [7, 11) is 1.64. The Morgan fingerprint density at radius 2 is 2.10 bits per heavy atom. The van der Waals surface area contributed by atoms with Crippen LogP contribution in [-0.4, -0.2) is 15.5 Å². The third kappa shape index (κ3) is 2.35. The number of rotatable bonds is 1. The Labute approximate surface area is 68.4 Å². The molecule has 0 aromatic heterocycles. The molecule has 0 saturated heterocycles. The Bertz CT molecular complexity index is 203. The van der Waals surface area contributed by atoms with Gasteiger partial charge >= 0.3 is 0 Å². The van der Waals surface area contributed by atoms with Gasteiger partial charge < -0.3 is 4.74 Å². The molecule has 0 amide bonds. The van der Waals surface area contributed by atoms with Gasteiger partial charge in [-0.1, -0.05) is 6.07 Å². The molecular formula is C7H8BOS. The van der Waals surface area contributed by atoms with Gasteiger partial charge in [-0.15, -0.1) is 12.6 Å². The highest BCUT2D eigenvalue weighted by Crippen LogP contribution is 2.14. The molecule has 1 nitrogen and oxygen atoms in total. The smallest absolute Gasteiger partial charge is 0.119 e. The maximum atomic E-state index is 4.95. The van der Waals surface area contributed by atoms with Gasteiger partial charge in [0.05, 0.1) is 7.11 Å². The Morgan fingerprint density at radius 1 is 1.40 bits per heavy atom. The summed E-state index contributed by atoms with van der Waals surface area (Å²) in [5, 5.41) is 0. The molecule has 1 aromatic carbocycles. The van der Waals surface area contributed by atoms with Crippen molar-refractivity contribution >= 4 is 21.0 Å². The van der Waals surface area contributed by atoms with Gasteiger partial charge in [-0.3, -0.25) is 0 Å². The molecule has 1 aromatic rings. The first kappa shape index (κ1) is 9.43. The zero-order valence-electron chi connectivity index (χ0n) is 5.74. The number of benzene rings is 1. The van der Waals surface area contributed by atoms with Crippen LogP contribution in [0.15, 0.2) is 29.2 Å². The minimum Gasteiger partial charge on any atom is -0.497 e. The second-order valence-electron chi connectivity index (χ2n) is 1.70. The largest absolute Gasteiger partial charge is 0.497 e. The quantitative estimate of drug-likeness (QED) is 0.473. The molecule has 0 spiro atoms. The third-order valence-corrected chi connectivity index (χ3v) is 1.33. The van der Waals surface area contributed by atoms with Crippen molar-refractivity contribution in [3.8, 4) is 5.75 Å². The Hall–Kier alpha value is -0.565. The number of hydrogen-bond acceptors (Lipinski definition) is 2. The Balaban J connectivity index is 0.000000810. The summed E-state index contributed by atoms with van der Waals surface area (Å²) in [5.74, 6) is 0.850. The predicted octanol–water partition coefficient (Wildman–Crippen LogP) is 1.60. The summed E-state index contributed by atoms with van der Waals surface area (Å²) in [6, 6.07) is 7.57. The molecule has 0 heterocycles. The van der Waals surface area contributed by atoms with E-state index >= 15 is 0 Å². The molecule has 3 heteroatoms. The zero-order chi connectivity index (χ0) is 6.69. The average molecular weight is 151 g/mol. The molecule has 0 unspecified atom stereocenters. The van der Waals surface area contributed by atoms with Crippen molar-refractivity contribution in [2.75, 3.05) is 7.11 Å². The molecule has 0 N–H and O–H groups in total. The second-order valence-corrected chi connectivity index (χ2v) is 2.22. The molecule has 0 saturated carbocycles. The minimum atomic E-state index is 0. The second kappa shape index (κ2) is 4.28.